The predicted octanol–water partition coefficient (Wildman–Crippen LogP) is 4.88. The lowest BCUT2D eigenvalue weighted by Crippen LogP contribution is -1.86. The molecule has 0 aliphatic rings. The molecule has 0 aliphatic carbocycles. The smallest absolute Gasteiger partial charge is 0.105 e. The average Bonchev–Trinajstić information content (AvgIpc) is 2.98. The Labute approximate surface area is 119 Å². The van der Waals surface area contributed by atoms with Crippen LogP contribution in [0.25, 0.3) is 0 Å². The van der Waals surface area contributed by atoms with Crippen LogP contribution >= 0.6 is 22.7 Å². The summed E-state index contributed by atoms with van der Waals surface area (Å²) in [4.78, 5) is 0. The lowest BCUT2D eigenvalue weighted by atomic mass is 10.2. The summed E-state index contributed by atoms with van der Waals surface area (Å²) in [7, 11) is -0.975. The third-order valence-corrected chi connectivity index (χ3v) is 6.70. The molecule has 0 unspecified atom stereocenters. The predicted molar refractivity (Wildman–Crippen MR) is 81.3 cm³/mol. The van der Waals surface area contributed by atoms with Gasteiger partial charge in [0.2, 0.25) is 0 Å². The molecule has 0 saturated heterocycles. The van der Waals surface area contributed by atoms with Crippen LogP contribution in [-0.2, 0) is 23.6 Å². The van der Waals surface area contributed by atoms with E-state index in [-0.39, 0.29) is 0 Å². The minimum absolute atomic E-state index is 0.975. The maximum Gasteiger partial charge on any atom is 0.105 e. The van der Waals surface area contributed by atoms with Gasteiger partial charge in [-0.3, -0.25) is 0 Å². The molecule has 2 rings (SSSR count). The minimum atomic E-state index is -0.975. The van der Waals surface area contributed by atoms with Crippen LogP contribution in [0.2, 0.25) is 0 Å². The van der Waals surface area contributed by atoms with Crippen LogP contribution in [0, 0.1) is 0 Å². The third kappa shape index (κ3) is 3.31. The Morgan fingerprint density at radius 3 is 1.78 bits per heavy atom. The highest BCUT2D eigenvalue weighted by atomic mass is 32.2. The first-order chi connectivity index (χ1) is 8.74. The van der Waals surface area contributed by atoms with E-state index in [9.17, 15) is 4.21 Å². The van der Waals surface area contributed by atoms with E-state index in [1.165, 1.54) is 11.1 Å². The molecule has 0 aromatic carbocycles. The standard InChI is InChI=1S/C14H18OS3/c1-3-5-11-7-13(16-9-11)18(15)14-8-12(6-4-2)10-17-14/h7-10H,3-6H2,1-2H3. The summed E-state index contributed by atoms with van der Waals surface area (Å²) in [6, 6.07) is 4.20. The van der Waals surface area contributed by atoms with Gasteiger partial charge in [-0.1, -0.05) is 26.7 Å². The van der Waals surface area contributed by atoms with Crippen molar-refractivity contribution in [2.45, 2.75) is 47.9 Å². The van der Waals surface area contributed by atoms with Crippen molar-refractivity contribution in [2.75, 3.05) is 0 Å². The number of aryl methyl sites for hydroxylation is 2. The molecule has 0 atom stereocenters. The van der Waals surface area contributed by atoms with Crippen LogP contribution in [-0.4, -0.2) is 4.21 Å². The first-order valence-corrected chi connectivity index (χ1v) is 9.22. The van der Waals surface area contributed by atoms with Crippen molar-refractivity contribution in [1.82, 2.24) is 0 Å². The first kappa shape index (κ1) is 14.0. The highest BCUT2D eigenvalue weighted by Gasteiger charge is 2.12. The van der Waals surface area contributed by atoms with Gasteiger partial charge >= 0.3 is 0 Å². The van der Waals surface area contributed by atoms with Gasteiger partial charge in [0.15, 0.2) is 0 Å². The van der Waals surface area contributed by atoms with E-state index in [0.717, 1.165) is 34.1 Å². The molecule has 0 bridgehead atoms. The summed E-state index contributed by atoms with van der Waals surface area (Å²) in [5.41, 5.74) is 2.63. The minimum Gasteiger partial charge on any atom is -0.247 e. The zero-order valence-corrected chi connectivity index (χ0v) is 13.2. The molecule has 0 amide bonds. The fraction of sp³-hybridized carbons (Fsp3) is 0.429. The second kappa shape index (κ2) is 6.64. The lowest BCUT2D eigenvalue weighted by molar-refractivity contribution is 0.685. The first-order valence-electron chi connectivity index (χ1n) is 6.31. The van der Waals surface area contributed by atoms with Gasteiger partial charge in [0.25, 0.3) is 0 Å². The molecule has 0 aliphatic heterocycles. The molecule has 98 valence electrons. The van der Waals surface area contributed by atoms with E-state index in [0.29, 0.717) is 0 Å². The Kier molecular flexibility index (Phi) is 5.15. The molecule has 2 aromatic rings. The van der Waals surface area contributed by atoms with Gasteiger partial charge < -0.3 is 0 Å². The molecule has 1 nitrogen and oxygen atoms in total. The molecule has 0 N–H and O–H groups in total. The van der Waals surface area contributed by atoms with E-state index in [2.05, 4.69) is 36.7 Å². The Morgan fingerprint density at radius 1 is 0.944 bits per heavy atom. The van der Waals surface area contributed by atoms with Gasteiger partial charge in [0.05, 0.1) is 8.42 Å². The van der Waals surface area contributed by atoms with Crippen LogP contribution < -0.4 is 0 Å². The Morgan fingerprint density at radius 2 is 1.39 bits per heavy atom. The summed E-state index contributed by atoms with van der Waals surface area (Å²) >= 11 is 3.24. The maximum absolute atomic E-state index is 12.4. The summed E-state index contributed by atoms with van der Waals surface area (Å²) in [6.07, 6.45) is 4.45. The average molecular weight is 298 g/mol. The van der Waals surface area contributed by atoms with Crippen molar-refractivity contribution in [2.24, 2.45) is 0 Å². The Bertz CT molecular complexity index is 478. The van der Waals surface area contributed by atoms with E-state index in [1.807, 2.05) is 0 Å². The fourth-order valence-corrected chi connectivity index (χ4v) is 5.59. The number of thiophene rings is 2. The van der Waals surface area contributed by atoms with Crippen LogP contribution in [0.4, 0.5) is 0 Å². The van der Waals surface area contributed by atoms with Crippen LogP contribution in [0.3, 0.4) is 0 Å². The van der Waals surface area contributed by atoms with Gasteiger partial charge in [-0.25, -0.2) is 4.21 Å². The molecule has 2 heterocycles. The molecular weight excluding hydrogens is 280 g/mol. The molecule has 4 heteroatoms. The Hall–Kier alpha value is -0.450. The normalized spacial score (nSPS) is 11.3. The lowest BCUT2D eigenvalue weighted by Gasteiger charge is -1.94. The van der Waals surface area contributed by atoms with E-state index in [1.54, 1.807) is 22.7 Å². The van der Waals surface area contributed by atoms with Crippen molar-refractivity contribution in [3.63, 3.8) is 0 Å². The summed E-state index contributed by atoms with van der Waals surface area (Å²) < 4.78 is 14.4. The molecular formula is C14H18OS3. The highest BCUT2D eigenvalue weighted by Crippen LogP contribution is 2.28. The van der Waals surface area contributed by atoms with Crippen LogP contribution in [0.15, 0.2) is 31.3 Å². The van der Waals surface area contributed by atoms with Gasteiger partial charge in [-0.15, -0.1) is 22.7 Å². The zero-order chi connectivity index (χ0) is 13.0. The molecule has 2 aromatic heterocycles. The quantitative estimate of drug-likeness (QED) is 0.742. The van der Waals surface area contributed by atoms with Crippen molar-refractivity contribution in [3.05, 3.63) is 34.0 Å². The van der Waals surface area contributed by atoms with Gasteiger partial charge in [0, 0.05) is 0 Å². The largest absolute Gasteiger partial charge is 0.247 e. The van der Waals surface area contributed by atoms with Gasteiger partial charge in [-0.05, 0) is 46.9 Å². The van der Waals surface area contributed by atoms with E-state index < -0.39 is 10.8 Å². The molecule has 0 saturated carbocycles. The number of hydrogen-bond donors (Lipinski definition) is 0. The van der Waals surface area contributed by atoms with Crippen molar-refractivity contribution in [1.29, 1.82) is 0 Å². The second-order valence-corrected chi connectivity index (χ2v) is 8.07. The third-order valence-electron chi connectivity index (χ3n) is 2.70. The van der Waals surface area contributed by atoms with Crippen molar-refractivity contribution in [3.8, 4) is 0 Å². The maximum atomic E-state index is 12.4. The monoisotopic (exact) mass is 298 g/mol. The molecule has 0 fully saturated rings. The SMILES string of the molecule is CCCc1csc(S(=O)c2cc(CCC)cs2)c1. The number of hydrogen-bond acceptors (Lipinski definition) is 3. The molecule has 18 heavy (non-hydrogen) atoms. The number of rotatable bonds is 6. The summed E-state index contributed by atoms with van der Waals surface area (Å²) in [5.74, 6) is 0. The highest BCUT2D eigenvalue weighted by molar-refractivity contribution is 7.89. The van der Waals surface area contributed by atoms with Gasteiger partial charge in [0.1, 0.15) is 10.8 Å². The molecule has 0 spiro atoms. The van der Waals surface area contributed by atoms with E-state index in [4.69, 9.17) is 0 Å². The van der Waals surface area contributed by atoms with Crippen molar-refractivity contribution >= 4 is 33.5 Å². The summed E-state index contributed by atoms with van der Waals surface area (Å²) in [5, 5.41) is 4.27. The van der Waals surface area contributed by atoms with Gasteiger partial charge in [-0.2, -0.15) is 0 Å². The second-order valence-electron chi connectivity index (χ2n) is 4.32. The molecule has 0 radical (unpaired) electrons. The fourth-order valence-electron chi connectivity index (χ4n) is 1.84. The summed E-state index contributed by atoms with van der Waals surface area (Å²) in [6.45, 7) is 4.34. The van der Waals surface area contributed by atoms with E-state index >= 15 is 0 Å². The zero-order valence-electron chi connectivity index (χ0n) is 10.8. The van der Waals surface area contributed by atoms with Crippen LogP contribution in [0.1, 0.15) is 37.8 Å². The van der Waals surface area contributed by atoms with Crippen LogP contribution in [0.5, 0.6) is 0 Å². The Balaban J connectivity index is 2.13. The van der Waals surface area contributed by atoms with Crippen molar-refractivity contribution < 1.29 is 4.21 Å². The topological polar surface area (TPSA) is 17.1 Å².